The van der Waals surface area contributed by atoms with Crippen LogP contribution in [0.1, 0.15) is 37.6 Å². The highest BCUT2D eigenvalue weighted by molar-refractivity contribution is 9.10. The maximum absolute atomic E-state index is 13.0. The van der Waals surface area contributed by atoms with Gasteiger partial charge in [-0.15, -0.1) is 0 Å². The number of hydrogen-bond donors (Lipinski definition) is 1. The van der Waals surface area contributed by atoms with E-state index in [0.29, 0.717) is 16.7 Å². The van der Waals surface area contributed by atoms with Gasteiger partial charge in [-0.2, -0.15) is 9.78 Å². The number of nitrogens with zero attached hydrogens (tertiary/aromatic N) is 4. The van der Waals surface area contributed by atoms with Crippen LogP contribution in [0, 0.1) is 10.1 Å². The molecule has 28 heavy (non-hydrogen) atoms. The molecule has 0 unspecified atom stereocenters. The van der Waals surface area contributed by atoms with Gasteiger partial charge in [-0.25, -0.2) is 4.98 Å². The molecule has 0 bridgehead atoms. The Morgan fingerprint density at radius 1 is 1.36 bits per heavy atom. The second-order valence-corrected chi connectivity index (χ2v) is 7.22. The fourth-order valence-electron chi connectivity index (χ4n) is 2.71. The first kappa shape index (κ1) is 19.7. The van der Waals surface area contributed by atoms with Crippen molar-refractivity contribution in [2.75, 3.05) is 0 Å². The van der Waals surface area contributed by atoms with Crippen LogP contribution in [-0.2, 0) is 0 Å². The zero-order valence-electron chi connectivity index (χ0n) is 15.2. The number of phenolic OH excluding ortho intramolecular Hbond substituents is 1. The molecule has 0 radical (unpaired) electrons. The van der Waals surface area contributed by atoms with E-state index in [1.807, 2.05) is 13.8 Å². The van der Waals surface area contributed by atoms with Gasteiger partial charge in [-0.3, -0.25) is 14.9 Å². The van der Waals surface area contributed by atoms with Gasteiger partial charge in [0.05, 0.1) is 27.6 Å². The Hall–Kier alpha value is -3.07. The quantitative estimate of drug-likeness (QED) is 0.360. The van der Waals surface area contributed by atoms with Crippen LogP contribution in [0.3, 0.4) is 0 Å². The van der Waals surface area contributed by atoms with E-state index < -0.39 is 4.92 Å². The molecule has 0 saturated carbocycles. The molecule has 1 heterocycles. The summed E-state index contributed by atoms with van der Waals surface area (Å²) in [5, 5.41) is 25.4. The van der Waals surface area contributed by atoms with Gasteiger partial charge in [0.2, 0.25) is 0 Å². The van der Waals surface area contributed by atoms with Crippen LogP contribution in [-0.4, -0.2) is 25.9 Å². The molecular weight excluding hydrogens is 428 g/mol. The van der Waals surface area contributed by atoms with Crippen molar-refractivity contribution >= 4 is 38.7 Å². The predicted molar refractivity (Wildman–Crippen MR) is 110 cm³/mol. The van der Waals surface area contributed by atoms with E-state index in [9.17, 15) is 20.0 Å². The summed E-state index contributed by atoms with van der Waals surface area (Å²) in [6.07, 6.45) is 1.92. The summed E-state index contributed by atoms with van der Waals surface area (Å²) in [5.74, 6) is 0.264. The molecular formula is C19H17BrN4O4. The van der Waals surface area contributed by atoms with Gasteiger partial charge in [0.15, 0.2) is 0 Å². The summed E-state index contributed by atoms with van der Waals surface area (Å²) in [4.78, 5) is 28.3. The van der Waals surface area contributed by atoms with Crippen LogP contribution in [0.15, 0.2) is 50.8 Å². The Labute approximate surface area is 168 Å². The minimum absolute atomic E-state index is 0.0583. The molecule has 0 fully saturated rings. The second kappa shape index (κ2) is 7.89. The molecule has 144 valence electrons. The van der Waals surface area contributed by atoms with Gasteiger partial charge >= 0.3 is 0 Å². The first-order chi connectivity index (χ1) is 13.3. The smallest absolute Gasteiger partial charge is 0.282 e. The average Bonchev–Trinajstić information content (AvgIpc) is 2.66. The Balaban J connectivity index is 2.23. The molecule has 9 heteroatoms. The van der Waals surface area contributed by atoms with Gasteiger partial charge in [0.25, 0.3) is 11.2 Å². The largest absolute Gasteiger partial charge is 0.508 e. The first-order valence-electron chi connectivity index (χ1n) is 8.55. The second-order valence-electron chi connectivity index (χ2n) is 6.30. The number of nitro benzene ring substituents is 1. The van der Waals surface area contributed by atoms with Gasteiger partial charge in [0.1, 0.15) is 11.6 Å². The van der Waals surface area contributed by atoms with Crippen molar-refractivity contribution in [3.63, 3.8) is 0 Å². The van der Waals surface area contributed by atoms with Crippen molar-refractivity contribution < 1.29 is 10.0 Å². The highest BCUT2D eigenvalue weighted by atomic mass is 79.9. The minimum Gasteiger partial charge on any atom is -0.508 e. The molecule has 1 N–H and O–H groups in total. The summed E-state index contributed by atoms with van der Waals surface area (Å²) in [6.45, 7) is 3.89. The van der Waals surface area contributed by atoms with Crippen LogP contribution < -0.4 is 5.56 Å². The Bertz CT molecular complexity index is 1160. The third kappa shape index (κ3) is 3.79. The van der Waals surface area contributed by atoms with Crippen molar-refractivity contribution in [3.8, 4) is 5.75 Å². The Morgan fingerprint density at radius 2 is 2.11 bits per heavy atom. The van der Waals surface area contributed by atoms with Crippen molar-refractivity contribution in [2.45, 2.75) is 26.2 Å². The van der Waals surface area contributed by atoms with Crippen LogP contribution in [0.2, 0.25) is 0 Å². The number of benzene rings is 2. The summed E-state index contributed by atoms with van der Waals surface area (Å²) in [7, 11) is 0. The monoisotopic (exact) mass is 444 g/mol. The number of aromatic hydroxyl groups is 1. The molecule has 0 aliphatic heterocycles. The molecule has 0 spiro atoms. The minimum atomic E-state index is -0.575. The zero-order chi connectivity index (χ0) is 20.4. The molecule has 8 nitrogen and oxygen atoms in total. The SMILES string of the molecule is CC[C@@H](C)c1nc2ccc(Br)cc2c(=O)n1N=Cc1cc(O)ccc1[N+](=O)[O-]. The molecule has 0 aliphatic carbocycles. The number of phenols is 1. The topological polar surface area (TPSA) is 111 Å². The van der Waals surface area contributed by atoms with Crippen LogP contribution >= 0.6 is 15.9 Å². The number of nitro groups is 1. The highest BCUT2D eigenvalue weighted by Gasteiger charge is 2.17. The van der Waals surface area contributed by atoms with E-state index in [0.717, 1.165) is 15.6 Å². The number of fused-ring (bicyclic) bond motifs is 1. The summed E-state index contributed by atoms with van der Waals surface area (Å²) >= 11 is 3.34. The summed E-state index contributed by atoms with van der Waals surface area (Å²) in [5.41, 5.74) is 0.0384. The number of aromatic nitrogens is 2. The third-order valence-corrected chi connectivity index (χ3v) is 4.90. The van der Waals surface area contributed by atoms with E-state index in [4.69, 9.17) is 0 Å². The molecule has 0 aliphatic rings. The number of halogens is 1. The maximum Gasteiger partial charge on any atom is 0.282 e. The zero-order valence-corrected chi connectivity index (χ0v) is 16.8. The molecule has 1 atom stereocenters. The fourth-order valence-corrected chi connectivity index (χ4v) is 3.07. The first-order valence-corrected chi connectivity index (χ1v) is 9.35. The van der Waals surface area contributed by atoms with Crippen LogP contribution in [0.5, 0.6) is 5.75 Å². The van der Waals surface area contributed by atoms with Crippen molar-refractivity contribution in [3.05, 3.63) is 72.7 Å². The van der Waals surface area contributed by atoms with Crippen LogP contribution in [0.25, 0.3) is 10.9 Å². The Morgan fingerprint density at radius 3 is 2.79 bits per heavy atom. The third-order valence-electron chi connectivity index (χ3n) is 4.41. The fraction of sp³-hybridized carbons (Fsp3) is 0.211. The summed E-state index contributed by atoms with van der Waals surface area (Å²) < 4.78 is 1.89. The van der Waals surface area contributed by atoms with Crippen molar-refractivity contribution in [2.24, 2.45) is 5.10 Å². The van der Waals surface area contributed by atoms with Gasteiger partial charge in [-0.1, -0.05) is 29.8 Å². The van der Waals surface area contributed by atoms with E-state index in [2.05, 4.69) is 26.0 Å². The van der Waals surface area contributed by atoms with Crippen molar-refractivity contribution in [1.82, 2.24) is 9.66 Å². The standard InChI is InChI=1S/C19H17BrN4O4/c1-3-11(2)18-22-16-6-4-13(20)9-15(16)19(26)23(18)21-10-12-8-14(25)5-7-17(12)24(27)28/h4-11,25H,3H2,1-2H3/t11-/m1/s1. The average molecular weight is 445 g/mol. The number of hydrogen-bond acceptors (Lipinski definition) is 6. The van der Waals surface area contributed by atoms with Crippen LogP contribution in [0.4, 0.5) is 5.69 Å². The lowest BCUT2D eigenvalue weighted by molar-refractivity contribution is -0.385. The lowest BCUT2D eigenvalue weighted by Crippen LogP contribution is -2.23. The van der Waals surface area contributed by atoms with E-state index >= 15 is 0 Å². The van der Waals surface area contributed by atoms with Gasteiger partial charge in [-0.05, 0) is 36.8 Å². The number of rotatable bonds is 5. The van der Waals surface area contributed by atoms with Gasteiger partial charge in [0, 0.05) is 16.5 Å². The molecule has 3 aromatic rings. The highest BCUT2D eigenvalue weighted by Crippen LogP contribution is 2.23. The maximum atomic E-state index is 13.0. The van der Waals surface area contributed by atoms with Crippen molar-refractivity contribution in [1.29, 1.82) is 0 Å². The van der Waals surface area contributed by atoms with E-state index in [1.54, 1.807) is 18.2 Å². The lowest BCUT2D eigenvalue weighted by Gasteiger charge is -2.14. The molecule has 0 saturated heterocycles. The van der Waals surface area contributed by atoms with Gasteiger partial charge < -0.3 is 5.11 Å². The lowest BCUT2D eigenvalue weighted by atomic mass is 10.1. The molecule has 3 rings (SSSR count). The Kier molecular flexibility index (Phi) is 5.55. The van der Waals surface area contributed by atoms with E-state index in [-0.39, 0.29) is 28.5 Å². The molecule has 2 aromatic carbocycles. The molecule has 0 amide bonds. The van der Waals surface area contributed by atoms with E-state index in [1.165, 1.54) is 24.4 Å². The summed E-state index contributed by atoms with van der Waals surface area (Å²) in [6, 6.07) is 8.85. The predicted octanol–water partition coefficient (Wildman–Crippen LogP) is 4.17. The molecule has 1 aromatic heterocycles. The normalized spacial score (nSPS) is 12.5.